The van der Waals surface area contributed by atoms with E-state index in [1.807, 2.05) is 66.6 Å². The molecule has 0 bridgehead atoms. The Balaban J connectivity index is 1.40. The molecule has 0 aliphatic carbocycles. The van der Waals surface area contributed by atoms with Crippen molar-refractivity contribution in [2.45, 2.75) is 9.79 Å². The maximum absolute atomic E-state index is 9.49. The van der Waals surface area contributed by atoms with Crippen LogP contribution in [0.15, 0.2) is 137 Å². The van der Waals surface area contributed by atoms with Crippen LogP contribution < -0.4 is 30.9 Å². The highest BCUT2D eigenvalue weighted by atomic mass is 32.2. The summed E-state index contributed by atoms with van der Waals surface area (Å²) in [6.45, 7) is 0.0613. The molecule has 200 valence electrons. The normalized spacial score (nSPS) is 13.5. The summed E-state index contributed by atoms with van der Waals surface area (Å²) in [4.78, 5) is 11.4. The largest absolute Gasteiger partial charge is 0.451 e. The molecule has 7 heteroatoms. The number of nitriles is 1. The fraction of sp³-hybridized carbons (Fsp3) is 0. The Labute approximate surface area is 253 Å². The number of nitrogens with zero attached hydrogens (tertiary/aromatic N) is 4. The Kier molecular flexibility index (Phi) is 5.22. The van der Waals surface area contributed by atoms with Gasteiger partial charge in [-0.3, -0.25) is 4.98 Å². The van der Waals surface area contributed by atoms with Crippen LogP contribution in [0.2, 0.25) is 0 Å². The van der Waals surface area contributed by atoms with Crippen LogP contribution in [0.4, 0.5) is 34.1 Å². The number of rotatable bonds is 2. The van der Waals surface area contributed by atoms with Crippen LogP contribution in [0.3, 0.4) is 0 Å². The fourth-order valence-corrected chi connectivity index (χ4v) is 7.82. The van der Waals surface area contributed by atoms with Crippen LogP contribution in [-0.4, -0.2) is 11.7 Å². The van der Waals surface area contributed by atoms with Crippen molar-refractivity contribution in [1.29, 1.82) is 5.26 Å². The first-order chi connectivity index (χ1) is 21.3. The number of anilines is 6. The number of benzene rings is 5. The lowest BCUT2D eigenvalue weighted by Gasteiger charge is -2.43. The molecule has 0 amide bonds. The van der Waals surface area contributed by atoms with Crippen molar-refractivity contribution in [3.8, 4) is 17.6 Å². The molecule has 0 N–H and O–H groups in total. The molecule has 0 spiro atoms. The van der Waals surface area contributed by atoms with E-state index in [0.29, 0.717) is 5.56 Å². The van der Waals surface area contributed by atoms with E-state index in [1.165, 1.54) is 26.2 Å². The van der Waals surface area contributed by atoms with Crippen molar-refractivity contribution < 1.29 is 4.74 Å². The molecule has 5 aromatic carbocycles. The number of aromatic nitrogens is 1. The van der Waals surface area contributed by atoms with E-state index in [0.717, 1.165) is 45.6 Å². The molecule has 1 aromatic heterocycles. The molecule has 0 saturated carbocycles. The monoisotopic (exact) mass is 568 g/mol. The average molecular weight is 568 g/mol. The first kappa shape index (κ1) is 24.2. The van der Waals surface area contributed by atoms with Crippen molar-refractivity contribution in [3.63, 3.8) is 0 Å². The number of para-hydroxylation sites is 3. The topological polar surface area (TPSA) is 52.4 Å². The molecule has 0 atom stereocenters. The van der Waals surface area contributed by atoms with Gasteiger partial charge < -0.3 is 14.5 Å². The summed E-state index contributed by atoms with van der Waals surface area (Å²) in [5.74, 6) is 1.59. The van der Waals surface area contributed by atoms with E-state index < -0.39 is 0 Å². The standard InChI is InChI=1S/C36H21BN4OS/c38-22-23-13-15-24(16-14-23)40-29-10-4-5-11-31(29)42-36-30(40)21-33-34-35(36)41(25-17-19-39-20-18-25)28-9-3-1-7-26(28)37(34)27-8-2-6-12-32(27)43-33/h1-21H. The zero-order chi connectivity index (χ0) is 28.5. The summed E-state index contributed by atoms with van der Waals surface area (Å²) < 4.78 is 6.94. The van der Waals surface area contributed by atoms with Gasteiger partial charge in [0.2, 0.25) is 6.71 Å². The minimum absolute atomic E-state index is 0.0613. The van der Waals surface area contributed by atoms with Crippen LogP contribution in [0.25, 0.3) is 0 Å². The molecule has 0 unspecified atom stereocenters. The van der Waals surface area contributed by atoms with Gasteiger partial charge in [0.25, 0.3) is 0 Å². The van der Waals surface area contributed by atoms with E-state index in [-0.39, 0.29) is 6.71 Å². The highest BCUT2D eigenvalue weighted by Gasteiger charge is 2.44. The van der Waals surface area contributed by atoms with Crippen LogP contribution in [0, 0.1) is 11.3 Å². The van der Waals surface area contributed by atoms with E-state index in [1.54, 1.807) is 0 Å². The van der Waals surface area contributed by atoms with E-state index in [2.05, 4.69) is 93.6 Å². The second-order valence-electron chi connectivity index (χ2n) is 10.7. The molecular weight excluding hydrogens is 547 g/mol. The Morgan fingerprint density at radius 2 is 1.37 bits per heavy atom. The Bertz CT molecular complexity index is 2130. The zero-order valence-electron chi connectivity index (χ0n) is 22.8. The van der Waals surface area contributed by atoms with Gasteiger partial charge in [0.05, 0.1) is 28.7 Å². The predicted molar refractivity (Wildman–Crippen MR) is 174 cm³/mol. The number of fused-ring (bicyclic) bond motifs is 7. The van der Waals surface area contributed by atoms with E-state index in [4.69, 9.17) is 4.74 Å². The lowest BCUT2D eigenvalue weighted by atomic mass is 9.35. The van der Waals surface area contributed by atoms with Gasteiger partial charge in [-0.1, -0.05) is 65.8 Å². The SMILES string of the molecule is N#Cc1ccc(N2c3ccccc3Oc3c2cc2c4c3N(c3ccncc3)c3ccccc3B4c3ccccc3S2)cc1. The Morgan fingerprint density at radius 1 is 0.674 bits per heavy atom. The highest BCUT2D eigenvalue weighted by molar-refractivity contribution is 8.00. The molecule has 9 rings (SSSR count). The summed E-state index contributed by atoms with van der Waals surface area (Å²) in [6.07, 6.45) is 3.68. The molecule has 0 saturated heterocycles. The molecule has 3 aliphatic heterocycles. The average Bonchev–Trinajstić information content (AvgIpc) is 3.07. The number of hydrogen-bond acceptors (Lipinski definition) is 6. The molecule has 0 radical (unpaired) electrons. The minimum Gasteiger partial charge on any atom is -0.451 e. The van der Waals surface area contributed by atoms with Crippen LogP contribution in [0.5, 0.6) is 11.5 Å². The summed E-state index contributed by atoms with van der Waals surface area (Å²) in [7, 11) is 0. The van der Waals surface area contributed by atoms with Gasteiger partial charge in [-0.2, -0.15) is 5.26 Å². The van der Waals surface area contributed by atoms with Gasteiger partial charge in [-0.15, -0.1) is 0 Å². The summed E-state index contributed by atoms with van der Waals surface area (Å²) in [5.41, 5.74) is 10.5. The van der Waals surface area contributed by atoms with Gasteiger partial charge in [0.15, 0.2) is 11.5 Å². The maximum Gasteiger partial charge on any atom is 0.249 e. The maximum atomic E-state index is 9.49. The Hall–Kier alpha value is -5.45. The molecule has 6 aromatic rings. The molecule has 5 nitrogen and oxygen atoms in total. The van der Waals surface area contributed by atoms with Crippen molar-refractivity contribution in [2.24, 2.45) is 0 Å². The van der Waals surface area contributed by atoms with Gasteiger partial charge in [-0.05, 0) is 77.7 Å². The summed E-state index contributed by atoms with van der Waals surface area (Å²) >= 11 is 1.81. The third kappa shape index (κ3) is 3.51. The smallest absolute Gasteiger partial charge is 0.249 e. The van der Waals surface area contributed by atoms with Crippen LogP contribution in [0.1, 0.15) is 5.56 Å². The molecule has 43 heavy (non-hydrogen) atoms. The van der Waals surface area contributed by atoms with Crippen molar-refractivity contribution in [1.82, 2.24) is 4.98 Å². The second kappa shape index (κ2) is 9.28. The van der Waals surface area contributed by atoms with Crippen molar-refractivity contribution in [2.75, 3.05) is 9.80 Å². The highest BCUT2D eigenvalue weighted by Crippen LogP contribution is 2.57. The first-order valence-electron chi connectivity index (χ1n) is 14.1. The molecular formula is C36H21BN4OS. The summed E-state index contributed by atoms with van der Waals surface area (Å²) in [5, 5.41) is 9.49. The Morgan fingerprint density at radius 3 is 2.19 bits per heavy atom. The zero-order valence-corrected chi connectivity index (χ0v) is 23.6. The van der Waals surface area contributed by atoms with Crippen LogP contribution in [-0.2, 0) is 0 Å². The minimum atomic E-state index is 0.0613. The summed E-state index contributed by atoms with van der Waals surface area (Å²) in [6, 6.07) is 42.0. The van der Waals surface area contributed by atoms with Gasteiger partial charge >= 0.3 is 0 Å². The molecule has 3 aliphatic rings. The quantitative estimate of drug-likeness (QED) is 0.204. The van der Waals surface area contributed by atoms with Crippen molar-refractivity contribution in [3.05, 3.63) is 133 Å². The number of pyridine rings is 1. The predicted octanol–water partition coefficient (Wildman–Crippen LogP) is 7.29. The lowest BCUT2D eigenvalue weighted by Crippen LogP contribution is -2.60. The molecule has 0 fully saturated rings. The number of ether oxygens (including phenoxy) is 1. The van der Waals surface area contributed by atoms with Crippen LogP contribution >= 0.6 is 11.8 Å². The number of hydrogen-bond donors (Lipinski definition) is 0. The first-order valence-corrected chi connectivity index (χ1v) is 15.0. The third-order valence-corrected chi connectivity index (χ3v) is 9.57. The van der Waals surface area contributed by atoms with Gasteiger partial charge in [-0.25, -0.2) is 0 Å². The third-order valence-electron chi connectivity index (χ3n) is 8.42. The van der Waals surface area contributed by atoms with Gasteiger partial charge in [0.1, 0.15) is 0 Å². The van der Waals surface area contributed by atoms with Gasteiger partial charge in [0, 0.05) is 39.2 Å². The fourth-order valence-electron chi connectivity index (χ4n) is 6.64. The van der Waals surface area contributed by atoms with Crippen molar-refractivity contribution >= 4 is 69.0 Å². The van der Waals surface area contributed by atoms with E-state index >= 15 is 0 Å². The lowest BCUT2D eigenvalue weighted by molar-refractivity contribution is 0.478. The molecule has 4 heterocycles. The second-order valence-corrected chi connectivity index (χ2v) is 11.8. The van der Waals surface area contributed by atoms with E-state index in [9.17, 15) is 5.26 Å².